The van der Waals surface area contributed by atoms with Crippen molar-refractivity contribution in [2.24, 2.45) is 4.99 Å². The maximum absolute atomic E-state index is 4.75. The minimum Gasteiger partial charge on any atom is -0.357 e. The molecule has 1 aliphatic rings. The second-order valence-electron chi connectivity index (χ2n) is 7.35. The molecule has 1 aliphatic heterocycles. The SMILES string of the molecule is CCNC(=NCc1ccnc(N2CCN(C)CC2)c1)NCc1ccc(C)cc1. The fraction of sp³-hybridized carbons (Fsp3) is 0.455. The molecule has 2 heterocycles. The number of pyridine rings is 1. The van der Waals surface area contributed by atoms with Gasteiger partial charge in [-0.05, 0) is 44.2 Å². The van der Waals surface area contributed by atoms with Gasteiger partial charge in [-0.3, -0.25) is 0 Å². The van der Waals surface area contributed by atoms with Crippen LogP contribution in [-0.2, 0) is 13.1 Å². The number of anilines is 1. The molecule has 1 saturated heterocycles. The number of benzene rings is 1. The van der Waals surface area contributed by atoms with Crippen molar-refractivity contribution in [3.63, 3.8) is 0 Å². The van der Waals surface area contributed by atoms with Crippen molar-refractivity contribution in [3.8, 4) is 0 Å². The summed E-state index contributed by atoms with van der Waals surface area (Å²) in [6.07, 6.45) is 1.89. The van der Waals surface area contributed by atoms with Gasteiger partial charge in [0.2, 0.25) is 0 Å². The molecule has 0 saturated carbocycles. The van der Waals surface area contributed by atoms with Gasteiger partial charge in [-0.25, -0.2) is 9.98 Å². The fourth-order valence-electron chi connectivity index (χ4n) is 3.17. The molecule has 1 aromatic carbocycles. The van der Waals surface area contributed by atoms with Gasteiger partial charge in [-0.15, -0.1) is 0 Å². The van der Waals surface area contributed by atoms with Crippen LogP contribution in [0.2, 0.25) is 0 Å². The molecular weight excluding hydrogens is 348 g/mol. The van der Waals surface area contributed by atoms with E-state index in [0.29, 0.717) is 6.54 Å². The van der Waals surface area contributed by atoms with Crippen molar-refractivity contribution in [2.75, 3.05) is 44.7 Å². The zero-order valence-corrected chi connectivity index (χ0v) is 17.3. The Kier molecular flexibility index (Phi) is 7.25. The predicted molar refractivity (Wildman–Crippen MR) is 117 cm³/mol. The predicted octanol–water partition coefficient (Wildman–Crippen LogP) is 2.40. The number of aromatic nitrogens is 1. The topological polar surface area (TPSA) is 55.8 Å². The highest BCUT2D eigenvalue weighted by Gasteiger charge is 2.15. The van der Waals surface area contributed by atoms with E-state index in [0.717, 1.165) is 51.0 Å². The monoisotopic (exact) mass is 380 g/mol. The lowest BCUT2D eigenvalue weighted by Gasteiger charge is -2.33. The molecule has 0 atom stereocenters. The van der Waals surface area contributed by atoms with Crippen molar-refractivity contribution in [3.05, 3.63) is 59.3 Å². The first-order valence-electron chi connectivity index (χ1n) is 10.1. The second-order valence-corrected chi connectivity index (χ2v) is 7.35. The lowest BCUT2D eigenvalue weighted by molar-refractivity contribution is 0.312. The largest absolute Gasteiger partial charge is 0.357 e. The molecule has 150 valence electrons. The van der Waals surface area contributed by atoms with E-state index in [4.69, 9.17) is 4.99 Å². The number of hydrogen-bond donors (Lipinski definition) is 2. The summed E-state index contributed by atoms with van der Waals surface area (Å²) < 4.78 is 0. The summed E-state index contributed by atoms with van der Waals surface area (Å²) in [4.78, 5) is 14.0. The molecular formula is C22H32N6. The van der Waals surface area contributed by atoms with Crippen molar-refractivity contribution in [2.45, 2.75) is 26.9 Å². The van der Waals surface area contributed by atoms with Crippen molar-refractivity contribution in [1.29, 1.82) is 0 Å². The van der Waals surface area contributed by atoms with Crippen LogP contribution in [0, 0.1) is 6.92 Å². The third kappa shape index (κ3) is 5.96. The van der Waals surface area contributed by atoms with E-state index in [2.05, 4.69) is 76.6 Å². The molecule has 6 heteroatoms. The van der Waals surface area contributed by atoms with Gasteiger partial charge in [-0.1, -0.05) is 29.8 Å². The average Bonchev–Trinajstić information content (AvgIpc) is 2.72. The van der Waals surface area contributed by atoms with Crippen LogP contribution in [0.15, 0.2) is 47.6 Å². The maximum Gasteiger partial charge on any atom is 0.191 e. The normalized spacial score (nSPS) is 15.5. The van der Waals surface area contributed by atoms with Crippen LogP contribution in [-0.4, -0.2) is 55.6 Å². The first-order valence-corrected chi connectivity index (χ1v) is 10.1. The van der Waals surface area contributed by atoms with Gasteiger partial charge in [0.25, 0.3) is 0 Å². The van der Waals surface area contributed by atoms with Gasteiger partial charge in [0.15, 0.2) is 5.96 Å². The summed E-state index contributed by atoms with van der Waals surface area (Å²) in [5.41, 5.74) is 3.70. The summed E-state index contributed by atoms with van der Waals surface area (Å²) in [6, 6.07) is 12.8. The number of rotatable bonds is 6. The van der Waals surface area contributed by atoms with Gasteiger partial charge < -0.3 is 20.4 Å². The minimum absolute atomic E-state index is 0.631. The van der Waals surface area contributed by atoms with Crippen LogP contribution in [0.5, 0.6) is 0 Å². The Morgan fingerprint density at radius 3 is 2.50 bits per heavy atom. The van der Waals surface area contributed by atoms with E-state index >= 15 is 0 Å². The molecule has 1 aromatic heterocycles. The summed E-state index contributed by atoms with van der Waals surface area (Å²) in [7, 11) is 2.17. The molecule has 0 amide bonds. The number of likely N-dealkylation sites (N-methyl/N-ethyl adjacent to an activating group) is 1. The molecule has 3 rings (SSSR count). The Labute approximate surface area is 168 Å². The van der Waals surface area contributed by atoms with Crippen molar-refractivity contribution >= 4 is 11.8 Å². The molecule has 0 spiro atoms. The lowest BCUT2D eigenvalue weighted by Crippen LogP contribution is -2.44. The van der Waals surface area contributed by atoms with E-state index in [1.54, 1.807) is 0 Å². The smallest absolute Gasteiger partial charge is 0.191 e. The molecule has 1 fully saturated rings. The van der Waals surface area contributed by atoms with Gasteiger partial charge in [0, 0.05) is 45.5 Å². The standard InChI is InChI=1S/C22H32N6/c1-4-23-22(25-16-19-7-5-18(2)6-8-19)26-17-20-9-10-24-21(15-20)28-13-11-27(3)12-14-28/h5-10,15H,4,11-14,16-17H2,1-3H3,(H2,23,25,26). The third-order valence-corrected chi connectivity index (χ3v) is 4.98. The van der Waals surface area contributed by atoms with E-state index < -0.39 is 0 Å². The number of nitrogens with zero attached hydrogens (tertiary/aromatic N) is 4. The summed E-state index contributed by atoms with van der Waals surface area (Å²) >= 11 is 0. The van der Waals surface area contributed by atoms with Gasteiger partial charge in [0.1, 0.15) is 5.82 Å². The Balaban J connectivity index is 1.60. The fourth-order valence-corrected chi connectivity index (χ4v) is 3.17. The molecule has 0 aliphatic carbocycles. The summed E-state index contributed by atoms with van der Waals surface area (Å²) in [5.74, 6) is 1.89. The van der Waals surface area contributed by atoms with Crippen LogP contribution < -0.4 is 15.5 Å². The zero-order chi connectivity index (χ0) is 19.8. The van der Waals surface area contributed by atoms with Crippen LogP contribution in [0.3, 0.4) is 0 Å². The van der Waals surface area contributed by atoms with E-state index in [1.165, 1.54) is 16.7 Å². The Morgan fingerprint density at radius 1 is 1.04 bits per heavy atom. The molecule has 28 heavy (non-hydrogen) atoms. The van der Waals surface area contributed by atoms with Crippen LogP contribution in [0.25, 0.3) is 0 Å². The Hall–Kier alpha value is -2.60. The Morgan fingerprint density at radius 2 is 1.79 bits per heavy atom. The van der Waals surface area contributed by atoms with Gasteiger partial charge in [0.05, 0.1) is 6.54 Å². The van der Waals surface area contributed by atoms with E-state index in [1.807, 2.05) is 12.3 Å². The van der Waals surface area contributed by atoms with Crippen LogP contribution in [0.1, 0.15) is 23.6 Å². The van der Waals surface area contributed by atoms with Gasteiger partial charge in [-0.2, -0.15) is 0 Å². The number of nitrogens with one attached hydrogen (secondary N) is 2. The number of aryl methyl sites for hydroxylation is 1. The number of aliphatic imine (C=N–C) groups is 1. The molecule has 2 aromatic rings. The van der Waals surface area contributed by atoms with Crippen molar-refractivity contribution in [1.82, 2.24) is 20.5 Å². The molecule has 2 N–H and O–H groups in total. The maximum atomic E-state index is 4.75. The first kappa shape index (κ1) is 20.1. The molecule has 6 nitrogen and oxygen atoms in total. The zero-order valence-electron chi connectivity index (χ0n) is 17.3. The average molecular weight is 381 g/mol. The molecule has 0 unspecified atom stereocenters. The van der Waals surface area contributed by atoms with Crippen LogP contribution >= 0.6 is 0 Å². The first-order chi connectivity index (χ1) is 13.6. The highest BCUT2D eigenvalue weighted by molar-refractivity contribution is 5.79. The van der Waals surface area contributed by atoms with E-state index in [-0.39, 0.29) is 0 Å². The minimum atomic E-state index is 0.631. The second kappa shape index (κ2) is 10.1. The Bertz CT molecular complexity index is 763. The van der Waals surface area contributed by atoms with Gasteiger partial charge >= 0.3 is 0 Å². The van der Waals surface area contributed by atoms with Crippen LogP contribution in [0.4, 0.5) is 5.82 Å². The molecule has 0 bridgehead atoms. The quantitative estimate of drug-likeness (QED) is 0.595. The summed E-state index contributed by atoms with van der Waals surface area (Å²) in [6.45, 7) is 10.6. The number of guanidine groups is 1. The number of piperazine rings is 1. The number of hydrogen-bond acceptors (Lipinski definition) is 4. The summed E-state index contributed by atoms with van der Waals surface area (Å²) in [5, 5.41) is 6.74. The highest BCUT2D eigenvalue weighted by atomic mass is 15.3. The van der Waals surface area contributed by atoms with Crippen molar-refractivity contribution < 1.29 is 0 Å². The highest BCUT2D eigenvalue weighted by Crippen LogP contribution is 2.15. The third-order valence-electron chi connectivity index (χ3n) is 4.98. The molecule has 0 radical (unpaired) electrons. The lowest BCUT2D eigenvalue weighted by atomic mass is 10.1. The van der Waals surface area contributed by atoms with E-state index in [9.17, 15) is 0 Å².